The summed E-state index contributed by atoms with van der Waals surface area (Å²) in [6.07, 6.45) is 0. The number of carbonyl (C=O) groups is 1. The minimum Gasteiger partial charge on any atom is -0.508 e. The van der Waals surface area contributed by atoms with E-state index in [2.05, 4.69) is 0 Å². The summed E-state index contributed by atoms with van der Waals surface area (Å²) >= 11 is 0. The molecule has 0 amide bonds. The number of carbonyl (C=O) groups excluding carboxylic acids is 1. The highest BCUT2D eigenvalue weighted by Crippen LogP contribution is 2.35. The van der Waals surface area contributed by atoms with Gasteiger partial charge in [-0.1, -0.05) is 0 Å². The van der Waals surface area contributed by atoms with Crippen molar-refractivity contribution in [1.29, 1.82) is 0 Å². The lowest BCUT2D eigenvalue weighted by Gasteiger charge is -2.08. The Bertz CT molecular complexity index is 641. The number of benzene rings is 2. The van der Waals surface area contributed by atoms with Gasteiger partial charge in [0.1, 0.15) is 22.8 Å². The zero-order valence-corrected chi connectivity index (χ0v) is 10.0. The van der Waals surface area contributed by atoms with Gasteiger partial charge < -0.3 is 31.0 Å². The quantitative estimate of drug-likeness (QED) is 0.402. The summed E-state index contributed by atoms with van der Waals surface area (Å²) in [5.74, 6) is -3.21. The zero-order chi connectivity index (χ0) is 14.2. The Hall–Kier alpha value is -2.93. The highest BCUT2D eigenvalue weighted by molar-refractivity contribution is 6.12. The highest BCUT2D eigenvalue weighted by Gasteiger charge is 2.20. The first kappa shape index (κ1) is 15.1. The summed E-state index contributed by atoms with van der Waals surface area (Å²) in [5.41, 5.74) is -0.436. The number of hydrogen-bond acceptors (Lipinski definition) is 6. The van der Waals surface area contributed by atoms with Crippen LogP contribution in [0.3, 0.4) is 0 Å². The van der Waals surface area contributed by atoms with Gasteiger partial charge in [0.15, 0.2) is 11.5 Å². The maximum absolute atomic E-state index is 12.1. The van der Waals surface area contributed by atoms with E-state index in [4.69, 9.17) is 10.2 Å². The van der Waals surface area contributed by atoms with Crippen molar-refractivity contribution in [3.05, 3.63) is 41.5 Å². The van der Waals surface area contributed by atoms with Crippen molar-refractivity contribution in [1.82, 2.24) is 0 Å². The number of rotatable bonds is 2. The number of aromatic hydroxyl groups is 5. The van der Waals surface area contributed by atoms with Crippen LogP contribution in [0.5, 0.6) is 28.7 Å². The monoisotopic (exact) mass is 280 g/mol. The molecule has 106 valence electrons. The van der Waals surface area contributed by atoms with E-state index in [9.17, 15) is 20.1 Å². The number of ketones is 1. The van der Waals surface area contributed by atoms with Crippen molar-refractivity contribution >= 4 is 5.78 Å². The van der Waals surface area contributed by atoms with E-state index in [1.54, 1.807) is 0 Å². The molecule has 0 saturated carbocycles. The molecule has 0 spiro atoms. The molecule has 7 heteroatoms. The van der Waals surface area contributed by atoms with Crippen molar-refractivity contribution in [2.75, 3.05) is 0 Å². The molecule has 0 saturated heterocycles. The van der Waals surface area contributed by atoms with Crippen LogP contribution in [0.1, 0.15) is 15.9 Å². The van der Waals surface area contributed by atoms with Gasteiger partial charge in [0.25, 0.3) is 0 Å². The van der Waals surface area contributed by atoms with E-state index in [-0.39, 0.29) is 16.8 Å². The summed E-state index contributed by atoms with van der Waals surface area (Å²) in [5, 5.41) is 46.8. The average molecular weight is 280 g/mol. The maximum atomic E-state index is 12.1. The fourth-order valence-electron chi connectivity index (χ4n) is 1.64. The third-order valence-corrected chi connectivity index (χ3v) is 2.55. The van der Waals surface area contributed by atoms with Gasteiger partial charge >= 0.3 is 0 Å². The fourth-order valence-corrected chi connectivity index (χ4v) is 1.64. The first-order valence-electron chi connectivity index (χ1n) is 5.21. The second-order valence-corrected chi connectivity index (χ2v) is 3.89. The Morgan fingerprint density at radius 3 is 1.80 bits per heavy atom. The predicted octanol–water partition coefficient (Wildman–Crippen LogP) is 0.621. The summed E-state index contributed by atoms with van der Waals surface area (Å²) < 4.78 is 0. The molecular formula is C13H12O7. The van der Waals surface area contributed by atoms with Crippen LogP contribution in [0.4, 0.5) is 0 Å². The molecule has 0 aromatic heterocycles. The van der Waals surface area contributed by atoms with Gasteiger partial charge in [-0.3, -0.25) is 4.79 Å². The molecule has 0 bridgehead atoms. The van der Waals surface area contributed by atoms with E-state index in [0.717, 1.165) is 24.3 Å². The van der Waals surface area contributed by atoms with E-state index in [1.807, 2.05) is 0 Å². The Labute approximate surface area is 112 Å². The van der Waals surface area contributed by atoms with Crippen LogP contribution in [0.15, 0.2) is 30.3 Å². The molecule has 2 aromatic rings. The first-order valence-corrected chi connectivity index (χ1v) is 5.21. The fraction of sp³-hybridized carbons (Fsp3) is 0. The Morgan fingerprint density at radius 2 is 1.30 bits per heavy atom. The molecule has 20 heavy (non-hydrogen) atoms. The lowest BCUT2D eigenvalue weighted by molar-refractivity contribution is 0.103. The molecule has 7 N–H and O–H groups in total. The number of hydrogen-bond donors (Lipinski definition) is 5. The van der Waals surface area contributed by atoms with Crippen molar-refractivity contribution in [2.45, 2.75) is 0 Å². The molecule has 0 aliphatic carbocycles. The second-order valence-electron chi connectivity index (χ2n) is 3.89. The Morgan fingerprint density at radius 1 is 0.750 bits per heavy atom. The topological polar surface area (TPSA) is 150 Å². The van der Waals surface area contributed by atoms with E-state index in [1.165, 1.54) is 6.07 Å². The largest absolute Gasteiger partial charge is 0.508 e. The van der Waals surface area contributed by atoms with E-state index in [0.29, 0.717) is 0 Å². The van der Waals surface area contributed by atoms with Crippen molar-refractivity contribution in [3.63, 3.8) is 0 Å². The van der Waals surface area contributed by atoms with Gasteiger partial charge in [-0.05, 0) is 18.2 Å². The maximum Gasteiger partial charge on any atom is 0.200 e. The molecular weight excluding hydrogens is 268 g/mol. The van der Waals surface area contributed by atoms with Crippen molar-refractivity contribution in [2.24, 2.45) is 0 Å². The number of phenols is 5. The summed E-state index contributed by atoms with van der Waals surface area (Å²) in [6, 6.07) is 5.16. The summed E-state index contributed by atoms with van der Waals surface area (Å²) in [6.45, 7) is 0. The minimum absolute atomic E-state index is 0. The molecule has 2 rings (SSSR count). The molecule has 0 unspecified atom stereocenters. The van der Waals surface area contributed by atoms with Gasteiger partial charge in [-0.25, -0.2) is 0 Å². The lowest BCUT2D eigenvalue weighted by atomic mass is 10.0. The van der Waals surface area contributed by atoms with Crippen LogP contribution in [-0.4, -0.2) is 36.8 Å². The van der Waals surface area contributed by atoms with E-state index >= 15 is 0 Å². The summed E-state index contributed by atoms with van der Waals surface area (Å²) in [4.78, 5) is 12.1. The molecule has 0 heterocycles. The third kappa shape index (κ3) is 2.57. The van der Waals surface area contributed by atoms with Gasteiger partial charge in [-0.2, -0.15) is 0 Å². The van der Waals surface area contributed by atoms with Gasteiger partial charge in [-0.15, -0.1) is 0 Å². The Balaban J connectivity index is 0.00000200. The third-order valence-electron chi connectivity index (χ3n) is 2.55. The lowest BCUT2D eigenvalue weighted by Crippen LogP contribution is -2.02. The van der Waals surface area contributed by atoms with Crippen molar-refractivity contribution < 1.29 is 35.8 Å². The van der Waals surface area contributed by atoms with Crippen LogP contribution >= 0.6 is 0 Å². The van der Waals surface area contributed by atoms with Crippen LogP contribution < -0.4 is 0 Å². The van der Waals surface area contributed by atoms with Crippen LogP contribution in [0.2, 0.25) is 0 Å². The minimum atomic E-state index is -0.759. The average Bonchev–Trinajstić information content (AvgIpc) is 2.31. The molecule has 0 aliphatic heterocycles. The molecule has 0 aliphatic rings. The van der Waals surface area contributed by atoms with Crippen LogP contribution in [-0.2, 0) is 0 Å². The van der Waals surface area contributed by atoms with Crippen molar-refractivity contribution in [3.8, 4) is 28.7 Å². The molecule has 2 aromatic carbocycles. The highest BCUT2D eigenvalue weighted by atomic mass is 16.3. The molecule has 7 nitrogen and oxygen atoms in total. The molecule has 0 atom stereocenters. The van der Waals surface area contributed by atoms with Crippen LogP contribution in [0, 0.1) is 0 Å². The second kappa shape index (κ2) is 5.37. The smallest absolute Gasteiger partial charge is 0.200 e. The number of phenolic OH excluding ortho intramolecular Hbond substituents is 5. The van der Waals surface area contributed by atoms with Crippen LogP contribution in [0.25, 0.3) is 0 Å². The van der Waals surface area contributed by atoms with Gasteiger partial charge in [0, 0.05) is 17.7 Å². The Kier molecular flexibility index (Phi) is 4.06. The first-order chi connectivity index (χ1) is 8.90. The molecule has 0 radical (unpaired) electrons. The predicted molar refractivity (Wildman–Crippen MR) is 68.3 cm³/mol. The standard InChI is InChI=1S/C13H10O6.H2O/c14-7-4-10(17)12(11(18)5-7)13(19)6-1-2-8(15)9(16)3-6;/h1-5,14-18H;1H2. The normalized spacial score (nSPS) is 9.80. The van der Waals surface area contributed by atoms with E-state index < -0.39 is 34.3 Å². The zero-order valence-electron chi connectivity index (χ0n) is 10.0. The summed E-state index contributed by atoms with van der Waals surface area (Å²) in [7, 11) is 0. The SMILES string of the molecule is O.O=C(c1ccc(O)c(O)c1)c1c(O)cc(O)cc1O. The molecule has 0 fully saturated rings. The van der Waals surface area contributed by atoms with Gasteiger partial charge in [0.2, 0.25) is 5.78 Å². The van der Waals surface area contributed by atoms with Gasteiger partial charge in [0.05, 0.1) is 0 Å².